The minimum absolute atomic E-state index is 0.665. The van der Waals surface area contributed by atoms with Crippen molar-refractivity contribution in [3.8, 4) is 0 Å². The van der Waals surface area contributed by atoms with Crippen molar-refractivity contribution in [3.05, 3.63) is 68.7 Å². The Morgan fingerprint density at radius 3 is 2.37 bits per heavy atom. The van der Waals surface area contributed by atoms with Crippen molar-refractivity contribution < 1.29 is 0 Å². The van der Waals surface area contributed by atoms with Crippen molar-refractivity contribution in [2.24, 2.45) is 0 Å². The minimum atomic E-state index is 0.665. The molecule has 0 aliphatic carbocycles. The summed E-state index contributed by atoms with van der Waals surface area (Å²) in [5, 5.41) is 5.53. The third kappa shape index (κ3) is 4.39. The Labute approximate surface area is 128 Å². The standard InChI is InChI=1S/C15H14Cl3N/c16-13-6-5-11(15(18)9-13)7-8-19-10-12-3-1-2-4-14(12)17/h1-6,9,19H,7-8,10H2. The molecule has 2 rings (SSSR count). The molecule has 0 amide bonds. The number of nitrogens with one attached hydrogen (secondary N) is 1. The Kier molecular flexibility index (Phi) is 5.53. The third-order valence-corrected chi connectivity index (χ3v) is 3.82. The van der Waals surface area contributed by atoms with Gasteiger partial charge >= 0.3 is 0 Å². The van der Waals surface area contributed by atoms with Crippen LogP contribution < -0.4 is 5.32 Å². The Bertz CT molecular complexity index is 555. The molecule has 0 atom stereocenters. The second kappa shape index (κ2) is 7.16. The van der Waals surface area contributed by atoms with Crippen molar-refractivity contribution in [1.29, 1.82) is 0 Å². The molecule has 0 saturated heterocycles. The minimum Gasteiger partial charge on any atom is -0.312 e. The molecule has 0 bridgehead atoms. The topological polar surface area (TPSA) is 12.0 Å². The molecule has 2 aromatic carbocycles. The quantitative estimate of drug-likeness (QED) is 0.768. The second-order valence-electron chi connectivity index (χ2n) is 4.25. The van der Waals surface area contributed by atoms with E-state index >= 15 is 0 Å². The lowest BCUT2D eigenvalue weighted by Gasteiger charge is -2.08. The number of benzene rings is 2. The number of rotatable bonds is 5. The van der Waals surface area contributed by atoms with Crippen LogP contribution in [0.2, 0.25) is 15.1 Å². The summed E-state index contributed by atoms with van der Waals surface area (Å²) >= 11 is 18.1. The average molecular weight is 315 g/mol. The molecule has 0 saturated carbocycles. The lowest BCUT2D eigenvalue weighted by Crippen LogP contribution is -2.17. The summed E-state index contributed by atoms with van der Waals surface area (Å²) in [4.78, 5) is 0. The highest BCUT2D eigenvalue weighted by Gasteiger charge is 2.02. The molecule has 19 heavy (non-hydrogen) atoms. The fraction of sp³-hybridized carbons (Fsp3) is 0.200. The third-order valence-electron chi connectivity index (χ3n) is 2.86. The van der Waals surface area contributed by atoms with Crippen molar-refractivity contribution in [2.75, 3.05) is 6.54 Å². The molecule has 0 aromatic heterocycles. The first-order valence-electron chi connectivity index (χ1n) is 6.05. The first-order valence-corrected chi connectivity index (χ1v) is 7.18. The summed E-state index contributed by atoms with van der Waals surface area (Å²) in [5.41, 5.74) is 2.20. The van der Waals surface area contributed by atoms with Crippen LogP contribution in [0.1, 0.15) is 11.1 Å². The molecule has 0 fully saturated rings. The van der Waals surface area contributed by atoms with E-state index in [9.17, 15) is 0 Å². The highest BCUT2D eigenvalue weighted by molar-refractivity contribution is 6.35. The molecular weight excluding hydrogens is 301 g/mol. The fourth-order valence-electron chi connectivity index (χ4n) is 1.81. The van der Waals surface area contributed by atoms with E-state index in [1.165, 1.54) is 0 Å². The van der Waals surface area contributed by atoms with Gasteiger partial charge in [-0.25, -0.2) is 0 Å². The van der Waals surface area contributed by atoms with Gasteiger partial charge in [0.15, 0.2) is 0 Å². The molecule has 0 aliphatic heterocycles. The van der Waals surface area contributed by atoms with Gasteiger partial charge in [-0.15, -0.1) is 0 Å². The van der Waals surface area contributed by atoms with Gasteiger partial charge in [0.25, 0.3) is 0 Å². The van der Waals surface area contributed by atoms with E-state index in [0.29, 0.717) is 10.0 Å². The first kappa shape index (κ1) is 14.7. The highest BCUT2D eigenvalue weighted by atomic mass is 35.5. The normalized spacial score (nSPS) is 10.7. The van der Waals surface area contributed by atoms with E-state index in [4.69, 9.17) is 34.8 Å². The average Bonchev–Trinajstić information content (AvgIpc) is 2.38. The molecule has 1 nitrogen and oxygen atoms in total. The van der Waals surface area contributed by atoms with Crippen molar-refractivity contribution in [2.45, 2.75) is 13.0 Å². The van der Waals surface area contributed by atoms with Gasteiger partial charge in [-0.2, -0.15) is 0 Å². The number of hydrogen-bond acceptors (Lipinski definition) is 1. The maximum Gasteiger partial charge on any atom is 0.0453 e. The van der Waals surface area contributed by atoms with E-state index in [1.54, 1.807) is 6.07 Å². The van der Waals surface area contributed by atoms with Crippen LogP contribution in [-0.2, 0) is 13.0 Å². The summed E-state index contributed by atoms with van der Waals surface area (Å²) < 4.78 is 0. The van der Waals surface area contributed by atoms with Crippen LogP contribution in [-0.4, -0.2) is 6.54 Å². The van der Waals surface area contributed by atoms with Gasteiger partial charge in [0.05, 0.1) is 0 Å². The summed E-state index contributed by atoms with van der Waals surface area (Å²) in [6.07, 6.45) is 0.862. The molecule has 0 aliphatic rings. The molecular formula is C15H14Cl3N. The first-order chi connectivity index (χ1) is 9.16. The van der Waals surface area contributed by atoms with Gasteiger partial charge in [-0.3, -0.25) is 0 Å². The predicted octanol–water partition coefficient (Wildman–Crippen LogP) is 4.98. The van der Waals surface area contributed by atoms with Gasteiger partial charge in [-0.05, 0) is 42.3 Å². The van der Waals surface area contributed by atoms with Crippen LogP contribution >= 0.6 is 34.8 Å². The van der Waals surface area contributed by atoms with Crippen LogP contribution in [0.15, 0.2) is 42.5 Å². The summed E-state index contributed by atoms with van der Waals surface area (Å²) in [7, 11) is 0. The summed E-state index contributed by atoms with van der Waals surface area (Å²) in [5.74, 6) is 0. The van der Waals surface area contributed by atoms with Gasteiger partial charge in [0.1, 0.15) is 0 Å². The van der Waals surface area contributed by atoms with E-state index in [1.807, 2.05) is 36.4 Å². The summed E-state index contributed by atoms with van der Waals surface area (Å²) in [6.45, 7) is 1.59. The maximum atomic E-state index is 6.12. The molecule has 100 valence electrons. The SMILES string of the molecule is Clc1ccc(CCNCc2ccccc2Cl)c(Cl)c1. The van der Waals surface area contributed by atoms with Gasteiger partial charge < -0.3 is 5.32 Å². The molecule has 2 aromatic rings. The van der Waals surface area contributed by atoms with Crippen molar-refractivity contribution >= 4 is 34.8 Å². The largest absolute Gasteiger partial charge is 0.312 e. The van der Waals surface area contributed by atoms with Gasteiger partial charge in [0, 0.05) is 21.6 Å². The molecule has 0 heterocycles. The zero-order chi connectivity index (χ0) is 13.7. The smallest absolute Gasteiger partial charge is 0.0453 e. The number of hydrogen-bond donors (Lipinski definition) is 1. The monoisotopic (exact) mass is 313 g/mol. The fourth-order valence-corrected chi connectivity index (χ4v) is 2.52. The molecule has 4 heteroatoms. The van der Waals surface area contributed by atoms with E-state index in [2.05, 4.69) is 5.32 Å². The Hall–Kier alpha value is -0.730. The zero-order valence-corrected chi connectivity index (χ0v) is 12.6. The van der Waals surface area contributed by atoms with Crippen molar-refractivity contribution in [3.63, 3.8) is 0 Å². The predicted molar refractivity (Wildman–Crippen MR) is 83.3 cm³/mol. The zero-order valence-electron chi connectivity index (χ0n) is 10.3. The van der Waals surface area contributed by atoms with Crippen LogP contribution in [0.25, 0.3) is 0 Å². The van der Waals surface area contributed by atoms with E-state index < -0.39 is 0 Å². The Balaban J connectivity index is 1.83. The maximum absolute atomic E-state index is 6.12. The lowest BCUT2D eigenvalue weighted by molar-refractivity contribution is 0.687. The summed E-state index contributed by atoms with van der Waals surface area (Å²) in [6, 6.07) is 13.4. The molecule has 1 N–H and O–H groups in total. The Morgan fingerprint density at radius 2 is 1.63 bits per heavy atom. The van der Waals surface area contributed by atoms with E-state index in [-0.39, 0.29) is 0 Å². The Morgan fingerprint density at radius 1 is 0.842 bits per heavy atom. The van der Waals surface area contributed by atoms with E-state index in [0.717, 1.165) is 35.7 Å². The van der Waals surface area contributed by atoms with Crippen molar-refractivity contribution in [1.82, 2.24) is 5.32 Å². The van der Waals surface area contributed by atoms with Crippen LogP contribution in [0, 0.1) is 0 Å². The van der Waals surface area contributed by atoms with Crippen LogP contribution in [0.4, 0.5) is 0 Å². The number of halogens is 3. The van der Waals surface area contributed by atoms with Gasteiger partial charge in [0.2, 0.25) is 0 Å². The van der Waals surface area contributed by atoms with Crippen LogP contribution in [0.5, 0.6) is 0 Å². The molecule has 0 spiro atoms. The van der Waals surface area contributed by atoms with Gasteiger partial charge in [-0.1, -0.05) is 59.1 Å². The van der Waals surface area contributed by atoms with Crippen LogP contribution in [0.3, 0.4) is 0 Å². The lowest BCUT2D eigenvalue weighted by atomic mass is 10.1. The molecule has 0 radical (unpaired) electrons. The molecule has 0 unspecified atom stereocenters. The highest BCUT2D eigenvalue weighted by Crippen LogP contribution is 2.21. The second-order valence-corrected chi connectivity index (χ2v) is 5.50.